The minimum atomic E-state index is -0.361. The Morgan fingerprint density at radius 3 is 3.08 bits per heavy atom. The van der Waals surface area contributed by atoms with E-state index < -0.39 is 0 Å². The van der Waals surface area contributed by atoms with Gasteiger partial charge in [0, 0.05) is 11.5 Å². The molecule has 0 aromatic rings. The third-order valence-corrected chi connectivity index (χ3v) is 3.29. The molecular weight excluding hydrogens is 184 g/mol. The van der Waals surface area contributed by atoms with Gasteiger partial charge in [-0.1, -0.05) is 19.1 Å². The van der Waals surface area contributed by atoms with Gasteiger partial charge in [0.15, 0.2) is 0 Å². The summed E-state index contributed by atoms with van der Waals surface area (Å²) in [5.41, 5.74) is 1.10. The Bertz CT molecular complexity index is 164. The molecule has 0 bridgehead atoms. The summed E-state index contributed by atoms with van der Waals surface area (Å²) < 4.78 is 5.47. The first-order valence-corrected chi connectivity index (χ1v) is 5.93. The quantitative estimate of drug-likeness (QED) is 0.705. The van der Waals surface area contributed by atoms with Crippen molar-refractivity contribution in [3.05, 3.63) is 12.2 Å². The lowest BCUT2D eigenvalue weighted by Gasteiger charge is -2.27. The van der Waals surface area contributed by atoms with Crippen molar-refractivity contribution in [2.75, 3.05) is 18.1 Å². The number of thioether (sulfide) groups is 1. The first-order chi connectivity index (χ1) is 6.24. The molecule has 0 spiro atoms. The number of ether oxygens (including phenoxy) is 1. The van der Waals surface area contributed by atoms with Gasteiger partial charge in [0.2, 0.25) is 0 Å². The number of aliphatic hydroxyl groups is 1. The molecule has 1 saturated heterocycles. The largest absolute Gasteiger partial charge is 0.390 e. The van der Waals surface area contributed by atoms with Crippen LogP contribution in [0.2, 0.25) is 0 Å². The highest BCUT2D eigenvalue weighted by atomic mass is 32.2. The molecule has 13 heavy (non-hydrogen) atoms. The van der Waals surface area contributed by atoms with E-state index in [0.29, 0.717) is 6.42 Å². The Kier molecular flexibility index (Phi) is 4.84. The van der Waals surface area contributed by atoms with Crippen molar-refractivity contribution in [2.45, 2.75) is 32.0 Å². The van der Waals surface area contributed by atoms with Gasteiger partial charge in [-0.05, 0) is 12.8 Å². The summed E-state index contributed by atoms with van der Waals surface area (Å²) in [5.74, 6) is 1.97. The molecule has 2 atom stereocenters. The Balaban J connectivity index is 2.28. The molecule has 2 nitrogen and oxygen atoms in total. The SMILES string of the molecule is C=C(CC)CC(O)C1CSCCO1. The first-order valence-electron chi connectivity index (χ1n) is 4.78. The van der Waals surface area contributed by atoms with E-state index in [1.165, 1.54) is 0 Å². The van der Waals surface area contributed by atoms with E-state index in [0.717, 1.165) is 30.1 Å². The molecule has 1 N–H and O–H groups in total. The van der Waals surface area contributed by atoms with Crippen LogP contribution in [0.5, 0.6) is 0 Å². The molecule has 1 heterocycles. The summed E-state index contributed by atoms with van der Waals surface area (Å²) in [6.45, 7) is 6.72. The molecule has 0 aliphatic carbocycles. The van der Waals surface area contributed by atoms with Gasteiger partial charge in [0.25, 0.3) is 0 Å². The molecule has 0 aromatic carbocycles. The van der Waals surface area contributed by atoms with Crippen LogP contribution in [0.1, 0.15) is 19.8 Å². The summed E-state index contributed by atoms with van der Waals surface area (Å²) in [6, 6.07) is 0. The molecular formula is C10H18O2S. The third kappa shape index (κ3) is 3.71. The zero-order valence-electron chi connectivity index (χ0n) is 8.16. The monoisotopic (exact) mass is 202 g/mol. The molecule has 0 radical (unpaired) electrons. The topological polar surface area (TPSA) is 29.5 Å². The zero-order valence-corrected chi connectivity index (χ0v) is 8.98. The van der Waals surface area contributed by atoms with Crippen molar-refractivity contribution in [2.24, 2.45) is 0 Å². The molecule has 1 aliphatic rings. The highest BCUT2D eigenvalue weighted by molar-refractivity contribution is 7.99. The summed E-state index contributed by atoms with van der Waals surface area (Å²) in [7, 11) is 0. The minimum absolute atomic E-state index is 0.0158. The maximum atomic E-state index is 9.78. The number of aliphatic hydroxyl groups excluding tert-OH is 1. The lowest BCUT2D eigenvalue weighted by atomic mass is 10.0. The van der Waals surface area contributed by atoms with Crippen LogP contribution in [-0.2, 0) is 4.74 Å². The lowest BCUT2D eigenvalue weighted by molar-refractivity contribution is -0.0209. The molecule has 0 saturated carbocycles. The molecule has 0 aromatic heterocycles. The molecule has 2 unspecified atom stereocenters. The van der Waals surface area contributed by atoms with Gasteiger partial charge >= 0.3 is 0 Å². The predicted molar refractivity (Wildman–Crippen MR) is 57.1 cm³/mol. The summed E-state index contributed by atoms with van der Waals surface area (Å²) in [6.07, 6.45) is 1.28. The zero-order chi connectivity index (χ0) is 9.68. The van der Waals surface area contributed by atoms with Crippen LogP contribution in [0.15, 0.2) is 12.2 Å². The summed E-state index contributed by atoms with van der Waals surface area (Å²) in [5, 5.41) is 9.78. The second kappa shape index (κ2) is 5.68. The Morgan fingerprint density at radius 1 is 1.77 bits per heavy atom. The van der Waals surface area contributed by atoms with Crippen molar-refractivity contribution in [3.8, 4) is 0 Å². The Hall–Kier alpha value is 0.01000. The molecule has 3 heteroatoms. The highest BCUT2D eigenvalue weighted by Crippen LogP contribution is 2.19. The van der Waals surface area contributed by atoms with E-state index in [1.54, 1.807) is 0 Å². The van der Waals surface area contributed by atoms with Gasteiger partial charge in [-0.25, -0.2) is 0 Å². The van der Waals surface area contributed by atoms with Crippen LogP contribution >= 0.6 is 11.8 Å². The van der Waals surface area contributed by atoms with E-state index in [4.69, 9.17) is 4.74 Å². The molecule has 1 rings (SSSR count). The van der Waals surface area contributed by atoms with Crippen LogP contribution in [-0.4, -0.2) is 35.4 Å². The summed E-state index contributed by atoms with van der Waals surface area (Å²) in [4.78, 5) is 0. The maximum Gasteiger partial charge on any atom is 0.0927 e. The normalized spacial score (nSPS) is 25.5. The fraction of sp³-hybridized carbons (Fsp3) is 0.800. The number of rotatable bonds is 4. The van der Waals surface area contributed by atoms with Crippen LogP contribution < -0.4 is 0 Å². The average molecular weight is 202 g/mol. The third-order valence-electron chi connectivity index (χ3n) is 2.27. The van der Waals surface area contributed by atoms with Gasteiger partial charge in [-0.3, -0.25) is 0 Å². The number of hydrogen-bond acceptors (Lipinski definition) is 3. The average Bonchev–Trinajstić information content (AvgIpc) is 2.19. The van der Waals surface area contributed by atoms with E-state index in [9.17, 15) is 5.11 Å². The molecule has 0 amide bonds. The first kappa shape index (κ1) is 11.1. The van der Waals surface area contributed by atoms with Crippen molar-refractivity contribution in [1.82, 2.24) is 0 Å². The van der Waals surface area contributed by atoms with Crippen molar-refractivity contribution in [1.29, 1.82) is 0 Å². The second-order valence-electron chi connectivity index (χ2n) is 3.36. The minimum Gasteiger partial charge on any atom is -0.390 e. The standard InChI is InChI=1S/C10H18O2S/c1-3-8(2)6-9(11)10-7-13-5-4-12-10/h9-11H,2-7H2,1H3. The molecule has 76 valence electrons. The number of hydrogen-bond donors (Lipinski definition) is 1. The van der Waals surface area contributed by atoms with E-state index in [1.807, 2.05) is 11.8 Å². The van der Waals surface area contributed by atoms with Crippen LogP contribution in [0.4, 0.5) is 0 Å². The second-order valence-corrected chi connectivity index (χ2v) is 4.51. The van der Waals surface area contributed by atoms with Crippen molar-refractivity contribution < 1.29 is 9.84 Å². The van der Waals surface area contributed by atoms with Gasteiger partial charge in [-0.15, -0.1) is 0 Å². The fourth-order valence-corrected chi connectivity index (χ4v) is 2.23. The lowest BCUT2D eigenvalue weighted by Crippen LogP contribution is -2.35. The predicted octanol–water partition coefficient (Wildman–Crippen LogP) is 1.84. The van der Waals surface area contributed by atoms with Crippen LogP contribution in [0, 0.1) is 0 Å². The summed E-state index contributed by atoms with van der Waals surface area (Å²) >= 11 is 1.85. The van der Waals surface area contributed by atoms with Crippen LogP contribution in [0.3, 0.4) is 0 Å². The van der Waals surface area contributed by atoms with Gasteiger partial charge in [0.1, 0.15) is 0 Å². The van der Waals surface area contributed by atoms with Gasteiger partial charge in [-0.2, -0.15) is 11.8 Å². The van der Waals surface area contributed by atoms with E-state index in [-0.39, 0.29) is 12.2 Å². The van der Waals surface area contributed by atoms with Gasteiger partial charge in [0.05, 0.1) is 18.8 Å². The van der Waals surface area contributed by atoms with E-state index >= 15 is 0 Å². The smallest absolute Gasteiger partial charge is 0.0927 e. The maximum absolute atomic E-state index is 9.78. The highest BCUT2D eigenvalue weighted by Gasteiger charge is 2.22. The Morgan fingerprint density at radius 2 is 2.54 bits per heavy atom. The Labute approximate surface area is 84.4 Å². The van der Waals surface area contributed by atoms with Crippen LogP contribution in [0.25, 0.3) is 0 Å². The van der Waals surface area contributed by atoms with Crippen molar-refractivity contribution in [3.63, 3.8) is 0 Å². The van der Waals surface area contributed by atoms with Crippen molar-refractivity contribution >= 4 is 11.8 Å². The fourth-order valence-electron chi connectivity index (χ4n) is 1.30. The molecule has 1 fully saturated rings. The van der Waals surface area contributed by atoms with Gasteiger partial charge < -0.3 is 9.84 Å². The van der Waals surface area contributed by atoms with E-state index in [2.05, 4.69) is 13.5 Å². The molecule has 1 aliphatic heterocycles.